The van der Waals surface area contributed by atoms with E-state index in [0.29, 0.717) is 6.79 Å². The molecular formula is C16H18Cl2N2O2. The Hall–Kier alpha value is -1.78. The zero-order chi connectivity index (χ0) is 13.4. The summed E-state index contributed by atoms with van der Waals surface area (Å²) in [6, 6.07) is 14.6. The van der Waals surface area contributed by atoms with Crippen LogP contribution in [0.1, 0.15) is 5.56 Å². The van der Waals surface area contributed by atoms with Crippen molar-refractivity contribution < 1.29 is 9.47 Å². The Morgan fingerprint density at radius 2 is 1.82 bits per heavy atom. The molecule has 0 radical (unpaired) electrons. The highest BCUT2D eigenvalue weighted by Gasteiger charge is 2.18. The van der Waals surface area contributed by atoms with Crippen LogP contribution in [0.5, 0.6) is 11.5 Å². The smallest absolute Gasteiger partial charge is 0.231 e. The summed E-state index contributed by atoms with van der Waals surface area (Å²) in [6.07, 6.45) is 0. The third kappa shape index (κ3) is 3.03. The number of para-hydroxylation sites is 2. The van der Waals surface area contributed by atoms with E-state index in [2.05, 4.69) is 46.6 Å². The summed E-state index contributed by atoms with van der Waals surface area (Å²) >= 11 is 0. The van der Waals surface area contributed by atoms with Crippen LogP contribution in [-0.4, -0.2) is 19.9 Å². The average molecular weight is 341 g/mol. The van der Waals surface area contributed by atoms with Crippen molar-refractivity contribution in [1.29, 1.82) is 0 Å². The van der Waals surface area contributed by atoms with Crippen molar-refractivity contribution in [3.8, 4) is 11.5 Å². The summed E-state index contributed by atoms with van der Waals surface area (Å²) < 4.78 is 10.8. The molecule has 0 spiro atoms. The number of nitrogens with zero attached hydrogens (tertiary/aromatic N) is 1. The van der Waals surface area contributed by atoms with Crippen molar-refractivity contribution in [2.45, 2.75) is 6.54 Å². The van der Waals surface area contributed by atoms with Crippen LogP contribution in [0.3, 0.4) is 0 Å². The normalized spacial score (nSPS) is 14.3. The lowest BCUT2D eigenvalue weighted by Gasteiger charge is -2.32. The molecule has 22 heavy (non-hydrogen) atoms. The molecule has 2 aromatic rings. The van der Waals surface area contributed by atoms with Crippen molar-refractivity contribution in [3.05, 3.63) is 48.0 Å². The number of ether oxygens (including phenoxy) is 2. The summed E-state index contributed by atoms with van der Waals surface area (Å²) in [5, 5.41) is 3.43. The van der Waals surface area contributed by atoms with E-state index in [1.165, 1.54) is 16.9 Å². The largest absolute Gasteiger partial charge is 0.454 e. The fourth-order valence-corrected chi connectivity index (χ4v) is 2.77. The van der Waals surface area contributed by atoms with Gasteiger partial charge in [-0.1, -0.05) is 18.2 Å². The number of halogens is 2. The number of hydrogen-bond acceptors (Lipinski definition) is 4. The first-order valence-electron chi connectivity index (χ1n) is 6.86. The zero-order valence-corrected chi connectivity index (χ0v) is 13.6. The third-order valence-electron chi connectivity index (χ3n) is 3.75. The van der Waals surface area contributed by atoms with Crippen LogP contribution in [0, 0.1) is 0 Å². The highest BCUT2D eigenvalue weighted by atomic mass is 35.5. The maximum atomic E-state index is 5.44. The first kappa shape index (κ1) is 16.6. The fraction of sp³-hybridized carbons (Fsp3) is 0.250. The minimum atomic E-state index is 0. The second kappa shape index (κ2) is 6.99. The Labute approximate surface area is 142 Å². The van der Waals surface area contributed by atoms with Gasteiger partial charge in [0.05, 0.1) is 11.4 Å². The fourth-order valence-electron chi connectivity index (χ4n) is 2.77. The number of fused-ring (bicyclic) bond motifs is 2. The van der Waals surface area contributed by atoms with Crippen LogP contribution < -0.4 is 19.7 Å². The third-order valence-corrected chi connectivity index (χ3v) is 3.75. The van der Waals surface area contributed by atoms with Crippen molar-refractivity contribution in [1.82, 2.24) is 0 Å². The SMILES string of the molecule is Cl.Cl.c1ccc2c(c1)NCCN2Cc1ccc2c(c1)OCO2. The molecule has 118 valence electrons. The molecule has 0 saturated carbocycles. The molecule has 2 aliphatic heterocycles. The van der Waals surface area contributed by atoms with Gasteiger partial charge in [0.2, 0.25) is 6.79 Å². The Balaban J connectivity index is 0.000000882. The van der Waals surface area contributed by atoms with E-state index in [-0.39, 0.29) is 24.8 Å². The summed E-state index contributed by atoms with van der Waals surface area (Å²) in [4.78, 5) is 2.39. The van der Waals surface area contributed by atoms with E-state index in [1.54, 1.807) is 0 Å². The quantitative estimate of drug-likeness (QED) is 0.903. The maximum Gasteiger partial charge on any atom is 0.231 e. The van der Waals surface area contributed by atoms with E-state index in [4.69, 9.17) is 9.47 Å². The van der Waals surface area contributed by atoms with Crippen LogP contribution in [0.25, 0.3) is 0 Å². The zero-order valence-electron chi connectivity index (χ0n) is 12.0. The average Bonchev–Trinajstić information content (AvgIpc) is 2.95. The van der Waals surface area contributed by atoms with E-state index in [9.17, 15) is 0 Å². The molecule has 2 aliphatic rings. The molecule has 4 nitrogen and oxygen atoms in total. The predicted octanol–water partition coefficient (Wildman–Crippen LogP) is 3.69. The van der Waals surface area contributed by atoms with Gasteiger partial charge in [0, 0.05) is 19.6 Å². The maximum absolute atomic E-state index is 5.44. The highest BCUT2D eigenvalue weighted by molar-refractivity contribution is 5.85. The van der Waals surface area contributed by atoms with Gasteiger partial charge >= 0.3 is 0 Å². The predicted molar refractivity (Wildman–Crippen MR) is 93.0 cm³/mol. The first-order valence-corrected chi connectivity index (χ1v) is 6.86. The monoisotopic (exact) mass is 340 g/mol. The van der Waals surface area contributed by atoms with Crippen molar-refractivity contribution >= 4 is 36.2 Å². The molecule has 2 heterocycles. The second-order valence-electron chi connectivity index (χ2n) is 5.05. The van der Waals surface area contributed by atoms with Gasteiger partial charge in [0.25, 0.3) is 0 Å². The van der Waals surface area contributed by atoms with Gasteiger partial charge in [-0.15, -0.1) is 24.8 Å². The summed E-state index contributed by atoms with van der Waals surface area (Å²) in [5.41, 5.74) is 3.71. The Morgan fingerprint density at radius 3 is 2.73 bits per heavy atom. The van der Waals surface area contributed by atoms with Gasteiger partial charge in [-0.25, -0.2) is 0 Å². The number of hydrogen-bond donors (Lipinski definition) is 1. The van der Waals surface area contributed by atoms with E-state index < -0.39 is 0 Å². The Morgan fingerprint density at radius 1 is 1.00 bits per heavy atom. The van der Waals surface area contributed by atoms with Gasteiger partial charge in [-0.3, -0.25) is 0 Å². The van der Waals surface area contributed by atoms with Crippen molar-refractivity contribution in [3.63, 3.8) is 0 Å². The lowest BCUT2D eigenvalue weighted by molar-refractivity contribution is 0.174. The van der Waals surface area contributed by atoms with Gasteiger partial charge in [-0.2, -0.15) is 0 Å². The van der Waals surface area contributed by atoms with E-state index >= 15 is 0 Å². The number of anilines is 2. The van der Waals surface area contributed by atoms with Crippen molar-refractivity contribution in [2.24, 2.45) is 0 Å². The van der Waals surface area contributed by atoms with Crippen LogP contribution in [0.2, 0.25) is 0 Å². The van der Waals surface area contributed by atoms with E-state index in [0.717, 1.165) is 31.1 Å². The van der Waals surface area contributed by atoms with E-state index in [1.807, 2.05) is 6.07 Å². The molecule has 0 aromatic heterocycles. The van der Waals surface area contributed by atoms with Gasteiger partial charge in [0.1, 0.15) is 0 Å². The molecule has 0 amide bonds. The van der Waals surface area contributed by atoms with Crippen molar-refractivity contribution in [2.75, 3.05) is 30.1 Å². The molecule has 1 N–H and O–H groups in total. The topological polar surface area (TPSA) is 33.7 Å². The van der Waals surface area contributed by atoms with Crippen LogP contribution in [-0.2, 0) is 6.54 Å². The van der Waals surface area contributed by atoms with Crippen LogP contribution in [0.15, 0.2) is 42.5 Å². The molecule has 0 bridgehead atoms. The Bertz CT molecular complexity index is 652. The number of benzene rings is 2. The lowest BCUT2D eigenvalue weighted by atomic mass is 10.1. The van der Waals surface area contributed by atoms with Gasteiger partial charge < -0.3 is 19.7 Å². The number of nitrogens with one attached hydrogen (secondary N) is 1. The molecule has 0 saturated heterocycles. The molecule has 4 rings (SSSR count). The standard InChI is InChI=1S/C16H16N2O2.2ClH/c1-2-4-14-13(3-1)17-7-8-18(14)10-12-5-6-15-16(9-12)20-11-19-15;;/h1-6,9,17H,7-8,10-11H2;2*1H. The highest BCUT2D eigenvalue weighted by Crippen LogP contribution is 2.34. The molecule has 6 heteroatoms. The summed E-state index contributed by atoms with van der Waals surface area (Å²) in [6.45, 7) is 3.19. The minimum Gasteiger partial charge on any atom is -0.454 e. The molecule has 0 unspecified atom stereocenters. The van der Waals surface area contributed by atoms with Crippen LogP contribution >= 0.6 is 24.8 Å². The molecule has 2 aromatic carbocycles. The molecule has 0 atom stereocenters. The lowest BCUT2D eigenvalue weighted by Crippen LogP contribution is -2.33. The molecule has 0 fully saturated rings. The molecular weight excluding hydrogens is 323 g/mol. The molecule has 0 aliphatic carbocycles. The summed E-state index contributed by atoms with van der Waals surface area (Å²) in [5.74, 6) is 1.69. The Kier molecular flexibility index (Phi) is 5.27. The summed E-state index contributed by atoms with van der Waals surface area (Å²) in [7, 11) is 0. The minimum absolute atomic E-state index is 0. The number of rotatable bonds is 2. The van der Waals surface area contributed by atoms with Gasteiger partial charge in [0.15, 0.2) is 11.5 Å². The van der Waals surface area contributed by atoms with Crippen LogP contribution in [0.4, 0.5) is 11.4 Å². The van der Waals surface area contributed by atoms with Gasteiger partial charge in [-0.05, 0) is 29.8 Å². The second-order valence-corrected chi connectivity index (χ2v) is 5.05. The first-order chi connectivity index (χ1) is 9.90.